The Bertz CT molecular complexity index is 487. The van der Waals surface area contributed by atoms with Gasteiger partial charge in [0, 0.05) is 38.3 Å². The fourth-order valence-electron chi connectivity index (χ4n) is 1.77. The van der Waals surface area contributed by atoms with Gasteiger partial charge in [-0.15, -0.1) is 11.3 Å². The molecule has 0 saturated carbocycles. The van der Waals surface area contributed by atoms with E-state index >= 15 is 0 Å². The number of nitrogens with two attached hydrogens (primary N) is 1. The van der Waals surface area contributed by atoms with Crippen molar-refractivity contribution in [3.63, 3.8) is 0 Å². The summed E-state index contributed by atoms with van der Waals surface area (Å²) in [6.45, 7) is 2.47. The Balaban J connectivity index is 2.24. The molecule has 17 heavy (non-hydrogen) atoms. The van der Waals surface area contributed by atoms with Crippen molar-refractivity contribution in [3.05, 3.63) is 17.3 Å². The second-order valence-corrected chi connectivity index (χ2v) is 5.24. The molecule has 0 radical (unpaired) electrons. The first-order chi connectivity index (χ1) is 8.13. The summed E-state index contributed by atoms with van der Waals surface area (Å²) in [6, 6.07) is 0. The first-order valence-electron chi connectivity index (χ1n) is 5.64. The average molecular weight is 253 g/mol. The van der Waals surface area contributed by atoms with Crippen molar-refractivity contribution in [1.29, 1.82) is 0 Å². The summed E-state index contributed by atoms with van der Waals surface area (Å²) in [6.07, 6.45) is 2.03. The minimum Gasteiger partial charge on any atom is -0.357 e. The largest absolute Gasteiger partial charge is 0.357 e. The summed E-state index contributed by atoms with van der Waals surface area (Å²) in [4.78, 5) is 9.97. The number of anilines is 1. The van der Waals surface area contributed by atoms with Crippen LogP contribution in [-0.2, 0) is 6.54 Å². The monoisotopic (exact) mass is 253 g/mol. The third-order valence-electron chi connectivity index (χ3n) is 2.78. The first-order valence-corrected chi connectivity index (χ1v) is 6.51. The van der Waals surface area contributed by atoms with Crippen molar-refractivity contribution < 1.29 is 0 Å². The summed E-state index contributed by atoms with van der Waals surface area (Å²) in [7, 11) is 6.21. The van der Waals surface area contributed by atoms with Crippen LogP contribution < -0.4 is 10.6 Å². The van der Waals surface area contributed by atoms with E-state index in [2.05, 4.69) is 40.3 Å². The molecule has 5 nitrogen and oxygen atoms in total. The molecule has 0 aliphatic rings. The fraction of sp³-hybridized carbons (Fsp3) is 0.545. The third-order valence-corrected chi connectivity index (χ3v) is 3.53. The van der Waals surface area contributed by atoms with Gasteiger partial charge in [0.1, 0.15) is 0 Å². The molecule has 0 aliphatic carbocycles. The lowest BCUT2D eigenvalue weighted by Crippen LogP contribution is -2.29. The summed E-state index contributed by atoms with van der Waals surface area (Å²) in [5.74, 6) is 1.00. The van der Waals surface area contributed by atoms with Crippen LogP contribution in [0.3, 0.4) is 0 Å². The SMILES string of the molecule is CN(C)CCN(C)c1nc2sccn2c1CN. The van der Waals surface area contributed by atoms with Crippen LogP contribution in [0, 0.1) is 0 Å². The number of nitrogens with zero attached hydrogens (tertiary/aromatic N) is 4. The van der Waals surface area contributed by atoms with E-state index in [1.54, 1.807) is 11.3 Å². The van der Waals surface area contributed by atoms with E-state index in [0.29, 0.717) is 6.54 Å². The van der Waals surface area contributed by atoms with Gasteiger partial charge in [0.2, 0.25) is 0 Å². The minimum absolute atomic E-state index is 0.513. The quantitative estimate of drug-likeness (QED) is 0.858. The molecule has 2 aromatic heterocycles. The molecule has 2 heterocycles. The van der Waals surface area contributed by atoms with Crippen LogP contribution in [-0.4, -0.2) is 48.5 Å². The number of rotatable bonds is 5. The summed E-state index contributed by atoms with van der Waals surface area (Å²) in [5, 5.41) is 2.03. The fourth-order valence-corrected chi connectivity index (χ4v) is 2.50. The third kappa shape index (κ3) is 2.43. The molecule has 0 unspecified atom stereocenters. The number of hydrogen-bond acceptors (Lipinski definition) is 5. The van der Waals surface area contributed by atoms with Gasteiger partial charge < -0.3 is 15.5 Å². The van der Waals surface area contributed by atoms with Gasteiger partial charge in [-0.3, -0.25) is 4.40 Å². The Morgan fingerprint density at radius 1 is 1.35 bits per heavy atom. The van der Waals surface area contributed by atoms with Crippen molar-refractivity contribution in [2.24, 2.45) is 5.73 Å². The molecule has 0 spiro atoms. The van der Waals surface area contributed by atoms with E-state index in [-0.39, 0.29) is 0 Å². The lowest BCUT2D eigenvalue weighted by molar-refractivity contribution is 0.416. The van der Waals surface area contributed by atoms with Gasteiger partial charge in [-0.05, 0) is 14.1 Å². The topological polar surface area (TPSA) is 49.8 Å². The molecule has 0 saturated heterocycles. The predicted molar refractivity (Wildman–Crippen MR) is 72.8 cm³/mol. The Kier molecular flexibility index (Phi) is 3.66. The molecule has 2 N–H and O–H groups in total. The first kappa shape index (κ1) is 12.3. The molecular weight excluding hydrogens is 234 g/mol. The van der Waals surface area contributed by atoms with Crippen LogP contribution in [0.25, 0.3) is 4.96 Å². The van der Waals surface area contributed by atoms with Crippen LogP contribution in [0.1, 0.15) is 5.69 Å². The maximum absolute atomic E-state index is 5.82. The zero-order chi connectivity index (χ0) is 12.4. The Morgan fingerprint density at radius 2 is 2.12 bits per heavy atom. The van der Waals surface area contributed by atoms with Gasteiger partial charge in [0.05, 0.1) is 5.69 Å². The number of fused-ring (bicyclic) bond motifs is 1. The summed E-state index contributed by atoms with van der Waals surface area (Å²) in [5.41, 5.74) is 6.91. The molecule has 0 aromatic carbocycles. The second kappa shape index (κ2) is 5.03. The standard InChI is InChI=1S/C11H19N5S/c1-14(2)4-5-15(3)10-9(8-12)16-6-7-17-11(16)13-10/h6-7H,4-5,8,12H2,1-3H3. The van der Waals surface area contributed by atoms with Gasteiger partial charge in [-0.1, -0.05) is 0 Å². The van der Waals surface area contributed by atoms with Crippen molar-refractivity contribution >= 4 is 22.1 Å². The van der Waals surface area contributed by atoms with Gasteiger partial charge >= 0.3 is 0 Å². The molecule has 0 bridgehead atoms. The van der Waals surface area contributed by atoms with E-state index in [1.807, 2.05) is 11.6 Å². The van der Waals surface area contributed by atoms with Crippen LogP contribution in [0.2, 0.25) is 0 Å². The van der Waals surface area contributed by atoms with E-state index in [0.717, 1.165) is 29.6 Å². The number of thiazole rings is 1. The lowest BCUT2D eigenvalue weighted by atomic mass is 10.4. The highest BCUT2D eigenvalue weighted by molar-refractivity contribution is 7.15. The highest BCUT2D eigenvalue weighted by Gasteiger charge is 2.15. The average Bonchev–Trinajstić information content (AvgIpc) is 2.84. The van der Waals surface area contributed by atoms with Gasteiger partial charge in [0.15, 0.2) is 10.8 Å². The zero-order valence-corrected chi connectivity index (χ0v) is 11.4. The zero-order valence-electron chi connectivity index (χ0n) is 10.6. The second-order valence-electron chi connectivity index (χ2n) is 4.37. The molecule has 0 fully saturated rings. The van der Waals surface area contributed by atoms with Crippen LogP contribution in [0.5, 0.6) is 0 Å². The van der Waals surface area contributed by atoms with E-state index in [4.69, 9.17) is 5.73 Å². The molecule has 2 rings (SSSR count). The van der Waals surface area contributed by atoms with Crippen molar-refractivity contribution in [1.82, 2.24) is 14.3 Å². The molecular formula is C11H19N5S. The van der Waals surface area contributed by atoms with Crippen LogP contribution in [0.15, 0.2) is 11.6 Å². The molecule has 0 atom stereocenters. The minimum atomic E-state index is 0.513. The van der Waals surface area contributed by atoms with E-state index < -0.39 is 0 Å². The molecule has 6 heteroatoms. The number of aromatic nitrogens is 2. The predicted octanol–water partition coefficient (Wildman–Crippen LogP) is 0.852. The molecule has 2 aromatic rings. The number of hydrogen-bond donors (Lipinski definition) is 1. The summed E-state index contributed by atoms with van der Waals surface area (Å²) >= 11 is 1.64. The Hall–Kier alpha value is -1.11. The summed E-state index contributed by atoms with van der Waals surface area (Å²) < 4.78 is 2.08. The Labute approximate surface area is 105 Å². The lowest BCUT2D eigenvalue weighted by Gasteiger charge is -2.20. The maximum Gasteiger partial charge on any atom is 0.195 e. The van der Waals surface area contributed by atoms with Gasteiger partial charge in [0.25, 0.3) is 0 Å². The van der Waals surface area contributed by atoms with Crippen LogP contribution in [0.4, 0.5) is 5.82 Å². The Morgan fingerprint density at radius 3 is 2.76 bits per heavy atom. The van der Waals surface area contributed by atoms with Crippen molar-refractivity contribution in [2.75, 3.05) is 39.1 Å². The maximum atomic E-state index is 5.82. The molecule has 0 aliphatic heterocycles. The van der Waals surface area contributed by atoms with Crippen molar-refractivity contribution in [3.8, 4) is 0 Å². The normalized spacial score (nSPS) is 11.6. The van der Waals surface area contributed by atoms with E-state index in [9.17, 15) is 0 Å². The highest BCUT2D eigenvalue weighted by atomic mass is 32.1. The molecule has 0 amide bonds. The van der Waals surface area contributed by atoms with E-state index in [1.165, 1.54) is 0 Å². The smallest absolute Gasteiger partial charge is 0.195 e. The van der Waals surface area contributed by atoms with Gasteiger partial charge in [-0.2, -0.15) is 0 Å². The van der Waals surface area contributed by atoms with Crippen molar-refractivity contribution in [2.45, 2.75) is 6.54 Å². The van der Waals surface area contributed by atoms with Gasteiger partial charge in [-0.25, -0.2) is 4.98 Å². The highest BCUT2D eigenvalue weighted by Crippen LogP contribution is 2.23. The number of imidazole rings is 1. The number of likely N-dealkylation sites (N-methyl/N-ethyl adjacent to an activating group) is 2. The molecule has 94 valence electrons. The van der Waals surface area contributed by atoms with Crippen LogP contribution >= 0.6 is 11.3 Å².